The number of likely N-dealkylation sites (tertiary alicyclic amines) is 1. The van der Waals surface area contributed by atoms with Crippen molar-refractivity contribution in [3.8, 4) is 0 Å². The molecule has 23 heavy (non-hydrogen) atoms. The molecule has 0 N–H and O–H groups in total. The normalized spacial score (nSPS) is 19.5. The fourth-order valence-corrected chi connectivity index (χ4v) is 3.52. The summed E-state index contributed by atoms with van der Waals surface area (Å²) in [5.41, 5.74) is 1.23. The van der Waals surface area contributed by atoms with E-state index in [-0.39, 0.29) is 18.0 Å². The molecule has 0 aliphatic carbocycles. The van der Waals surface area contributed by atoms with Crippen LogP contribution in [0, 0.1) is 0 Å². The quantitative estimate of drug-likeness (QED) is 0.848. The highest BCUT2D eigenvalue weighted by Crippen LogP contribution is 2.27. The summed E-state index contributed by atoms with van der Waals surface area (Å²) in [6.45, 7) is 3.08. The number of rotatable bonds is 5. The lowest BCUT2D eigenvalue weighted by Gasteiger charge is -2.39. The number of piperidine rings is 1. The zero-order valence-corrected chi connectivity index (χ0v) is 13.8. The van der Waals surface area contributed by atoms with Gasteiger partial charge in [-0.25, -0.2) is 4.98 Å². The minimum absolute atomic E-state index is 0.276. The van der Waals surface area contributed by atoms with Crippen molar-refractivity contribution in [3.05, 3.63) is 54.6 Å². The molecule has 1 amide bonds. The first-order chi connectivity index (χ1) is 11.3. The predicted molar refractivity (Wildman–Crippen MR) is 91.1 cm³/mol. The number of imidazole rings is 1. The number of carbonyl (C=O) groups is 1. The lowest BCUT2D eigenvalue weighted by Crippen LogP contribution is -2.47. The molecule has 1 aromatic heterocycles. The molecule has 0 bridgehead atoms. The van der Waals surface area contributed by atoms with Gasteiger partial charge in [-0.2, -0.15) is 0 Å². The van der Waals surface area contributed by atoms with Crippen LogP contribution in [-0.4, -0.2) is 32.9 Å². The Labute approximate surface area is 138 Å². The van der Waals surface area contributed by atoms with Crippen LogP contribution in [0.4, 0.5) is 0 Å². The predicted octanol–water partition coefficient (Wildman–Crippen LogP) is 3.46. The van der Waals surface area contributed by atoms with Crippen molar-refractivity contribution in [2.45, 2.75) is 51.1 Å². The molecule has 1 fully saturated rings. The third-order valence-electron chi connectivity index (χ3n) is 4.89. The lowest BCUT2D eigenvalue weighted by molar-refractivity contribution is -0.135. The first-order valence-corrected chi connectivity index (χ1v) is 8.56. The van der Waals surface area contributed by atoms with E-state index in [1.54, 1.807) is 6.20 Å². The van der Waals surface area contributed by atoms with E-state index in [4.69, 9.17) is 0 Å². The van der Waals surface area contributed by atoms with Crippen molar-refractivity contribution in [1.29, 1.82) is 0 Å². The summed E-state index contributed by atoms with van der Waals surface area (Å²) in [5.74, 6) is 0.283. The number of aromatic nitrogens is 2. The molecule has 0 spiro atoms. The van der Waals surface area contributed by atoms with E-state index >= 15 is 0 Å². The van der Waals surface area contributed by atoms with Gasteiger partial charge in [-0.1, -0.05) is 30.3 Å². The standard InChI is InChI=1S/C19H25N3O/c1-16(21-14-12-20-15-21)18-9-5-6-13-22(18)19(23)11-10-17-7-3-2-4-8-17/h2-4,7-8,12,14-16,18H,5-6,9-11,13H2,1H3. The van der Waals surface area contributed by atoms with Gasteiger partial charge in [-0.05, 0) is 38.2 Å². The zero-order chi connectivity index (χ0) is 16.1. The van der Waals surface area contributed by atoms with E-state index in [0.29, 0.717) is 6.42 Å². The number of hydrogen-bond donors (Lipinski definition) is 0. The number of carbonyl (C=O) groups excluding carboxylic acids is 1. The van der Waals surface area contributed by atoms with Gasteiger partial charge >= 0.3 is 0 Å². The fourth-order valence-electron chi connectivity index (χ4n) is 3.52. The minimum atomic E-state index is 0.276. The van der Waals surface area contributed by atoms with Crippen molar-refractivity contribution in [3.63, 3.8) is 0 Å². The van der Waals surface area contributed by atoms with E-state index < -0.39 is 0 Å². The molecule has 1 aliphatic rings. The van der Waals surface area contributed by atoms with Gasteiger partial charge in [-0.3, -0.25) is 4.79 Å². The van der Waals surface area contributed by atoms with Crippen LogP contribution in [0.2, 0.25) is 0 Å². The summed E-state index contributed by atoms with van der Waals surface area (Å²) in [4.78, 5) is 19.0. The Bertz CT molecular complexity index is 609. The third kappa shape index (κ3) is 3.81. The Balaban J connectivity index is 1.64. The highest BCUT2D eigenvalue weighted by Gasteiger charge is 2.31. The maximum atomic E-state index is 12.8. The summed E-state index contributed by atoms with van der Waals surface area (Å²) in [6.07, 6.45) is 10.5. The first-order valence-electron chi connectivity index (χ1n) is 8.56. The molecule has 1 aliphatic heterocycles. The molecular formula is C19H25N3O. The number of amides is 1. The monoisotopic (exact) mass is 311 g/mol. The van der Waals surface area contributed by atoms with Gasteiger partial charge in [0.2, 0.25) is 5.91 Å². The molecular weight excluding hydrogens is 286 g/mol. The maximum absolute atomic E-state index is 12.8. The maximum Gasteiger partial charge on any atom is 0.223 e. The fraction of sp³-hybridized carbons (Fsp3) is 0.474. The van der Waals surface area contributed by atoms with Crippen LogP contribution in [0.1, 0.15) is 44.2 Å². The molecule has 4 heteroatoms. The van der Waals surface area contributed by atoms with Crippen LogP contribution in [0.15, 0.2) is 49.1 Å². The van der Waals surface area contributed by atoms with Gasteiger partial charge in [0.1, 0.15) is 0 Å². The van der Waals surface area contributed by atoms with E-state index in [1.807, 2.05) is 30.7 Å². The average Bonchev–Trinajstić information content (AvgIpc) is 3.14. The topological polar surface area (TPSA) is 38.1 Å². The Kier molecular flexibility index (Phi) is 5.11. The number of benzene rings is 1. The van der Waals surface area contributed by atoms with Gasteiger partial charge < -0.3 is 9.47 Å². The van der Waals surface area contributed by atoms with Crippen LogP contribution in [-0.2, 0) is 11.2 Å². The Morgan fingerprint density at radius 3 is 2.87 bits per heavy atom. The van der Waals surface area contributed by atoms with Crippen molar-refractivity contribution in [2.75, 3.05) is 6.54 Å². The van der Waals surface area contributed by atoms with Gasteiger partial charge in [0.05, 0.1) is 18.4 Å². The van der Waals surface area contributed by atoms with Crippen LogP contribution >= 0.6 is 0 Å². The molecule has 2 unspecified atom stereocenters. The van der Waals surface area contributed by atoms with E-state index in [9.17, 15) is 4.79 Å². The van der Waals surface area contributed by atoms with Gasteiger partial charge in [0, 0.05) is 25.4 Å². The Hall–Kier alpha value is -2.10. The van der Waals surface area contributed by atoms with Crippen molar-refractivity contribution in [2.24, 2.45) is 0 Å². The van der Waals surface area contributed by atoms with Gasteiger partial charge in [0.25, 0.3) is 0 Å². The molecule has 3 rings (SSSR count). The summed E-state index contributed by atoms with van der Waals surface area (Å²) in [5, 5.41) is 0. The third-order valence-corrected chi connectivity index (χ3v) is 4.89. The molecule has 0 radical (unpaired) electrons. The van der Waals surface area contributed by atoms with Crippen molar-refractivity contribution >= 4 is 5.91 Å². The van der Waals surface area contributed by atoms with Crippen LogP contribution in [0.5, 0.6) is 0 Å². The zero-order valence-electron chi connectivity index (χ0n) is 13.8. The Morgan fingerprint density at radius 2 is 2.13 bits per heavy atom. The van der Waals surface area contributed by atoms with Crippen molar-refractivity contribution < 1.29 is 4.79 Å². The molecule has 0 saturated carbocycles. The second kappa shape index (κ2) is 7.44. The molecule has 2 heterocycles. The average molecular weight is 311 g/mol. The molecule has 4 nitrogen and oxygen atoms in total. The second-order valence-electron chi connectivity index (χ2n) is 6.39. The highest BCUT2D eigenvalue weighted by atomic mass is 16.2. The van der Waals surface area contributed by atoms with Crippen LogP contribution < -0.4 is 0 Å². The van der Waals surface area contributed by atoms with Gasteiger partial charge in [0.15, 0.2) is 0 Å². The first kappa shape index (κ1) is 15.8. The number of hydrogen-bond acceptors (Lipinski definition) is 2. The summed E-state index contributed by atoms with van der Waals surface area (Å²) in [6, 6.07) is 10.8. The van der Waals surface area contributed by atoms with E-state index in [0.717, 1.165) is 25.8 Å². The molecule has 122 valence electrons. The number of nitrogens with zero attached hydrogens (tertiary/aromatic N) is 3. The highest BCUT2D eigenvalue weighted by molar-refractivity contribution is 5.77. The SMILES string of the molecule is CC(C1CCCCN1C(=O)CCc1ccccc1)n1ccnc1. The molecule has 2 atom stereocenters. The van der Waals surface area contributed by atoms with Crippen LogP contribution in [0.3, 0.4) is 0 Å². The summed E-state index contributed by atoms with van der Waals surface area (Å²) < 4.78 is 2.12. The van der Waals surface area contributed by atoms with Crippen LogP contribution in [0.25, 0.3) is 0 Å². The molecule has 2 aromatic rings. The lowest BCUT2D eigenvalue weighted by atomic mass is 9.95. The smallest absolute Gasteiger partial charge is 0.223 e. The minimum Gasteiger partial charge on any atom is -0.338 e. The van der Waals surface area contributed by atoms with Crippen molar-refractivity contribution in [1.82, 2.24) is 14.5 Å². The van der Waals surface area contributed by atoms with E-state index in [2.05, 4.69) is 33.5 Å². The van der Waals surface area contributed by atoms with E-state index in [1.165, 1.54) is 12.0 Å². The molecule has 1 saturated heterocycles. The number of aryl methyl sites for hydroxylation is 1. The second-order valence-corrected chi connectivity index (χ2v) is 6.39. The Morgan fingerprint density at radius 1 is 1.30 bits per heavy atom. The molecule has 1 aromatic carbocycles. The van der Waals surface area contributed by atoms with Gasteiger partial charge in [-0.15, -0.1) is 0 Å². The largest absolute Gasteiger partial charge is 0.338 e. The summed E-state index contributed by atoms with van der Waals surface area (Å²) >= 11 is 0. The summed E-state index contributed by atoms with van der Waals surface area (Å²) in [7, 11) is 0.